The van der Waals surface area contributed by atoms with E-state index in [2.05, 4.69) is 64.1 Å². The molecule has 0 unspecified atom stereocenters. The first-order valence-electron chi connectivity index (χ1n) is 8.90. The molecule has 2 aromatic carbocycles. The summed E-state index contributed by atoms with van der Waals surface area (Å²) in [5.74, 6) is 1.62. The van der Waals surface area contributed by atoms with E-state index in [4.69, 9.17) is 16.6 Å². The molecule has 2 aromatic heterocycles. The van der Waals surface area contributed by atoms with Crippen LogP contribution in [0.1, 0.15) is 29.5 Å². The van der Waals surface area contributed by atoms with Gasteiger partial charge in [-0.15, -0.1) is 11.6 Å². The van der Waals surface area contributed by atoms with Crippen LogP contribution in [0.2, 0.25) is 0 Å². The normalized spacial score (nSPS) is 16.1. The van der Waals surface area contributed by atoms with Crippen molar-refractivity contribution in [1.82, 2.24) is 14.5 Å². The van der Waals surface area contributed by atoms with Crippen molar-refractivity contribution in [2.75, 3.05) is 0 Å². The van der Waals surface area contributed by atoms with Crippen molar-refractivity contribution < 1.29 is 0 Å². The number of hydrogen-bond donors (Lipinski definition) is 0. The lowest BCUT2D eigenvalue weighted by Gasteiger charge is -2.15. The van der Waals surface area contributed by atoms with Gasteiger partial charge < -0.3 is 4.57 Å². The van der Waals surface area contributed by atoms with Gasteiger partial charge in [0.05, 0.1) is 28.6 Å². The fraction of sp³-hybridized carbons (Fsp3) is 0.182. The fourth-order valence-electron chi connectivity index (χ4n) is 3.91. The second-order valence-corrected chi connectivity index (χ2v) is 7.01. The number of benzene rings is 2. The molecule has 0 amide bonds. The zero-order valence-electron chi connectivity index (χ0n) is 14.3. The Bertz CT molecular complexity index is 1070. The van der Waals surface area contributed by atoms with Crippen molar-refractivity contribution in [2.24, 2.45) is 0 Å². The molecule has 0 radical (unpaired) electrons. The number of rotatable bonds is 3. The molecule has 3 nitrogen and oxygen atoms in total. The van der Waals surface area contributed by atoms with Crippen LogP contribution in [0.25, 0.3) is 22.2 Å². The van der Waals surface area contributed by atoms with Crippen molar-refractivity contribution in [2.45, 2.75) is 24.8 Å². The van der Waals surface area contributed by atoms with Crippen molar-refractivity contribution in [1.29, 1.82) is 0 Å². The number of hydrogen-bond acceptors (Lipinski definition) is 2. The van der Waals surface area contributed by atoms with E-state index in [1.54, 1.807) is 0 Å². The Morgan fingerprint density at radius 3 is 2.62 bits per heavy atom. The highest BCUT2D eigenvalue weighted by molar-refractivity contribution is 6.16. The first kappa shape index (κ1) is 15.6. The number of halogens is 1. The van der Waals surface area contributed by atoms with Gasteiger partial charge in [0.2, 0.25) is 0 Å². The van der Waals surface area contributed by atoms with E-state index < -0.39 is 0 Å². The third-order valence-corrected chi connectivity index (χ3v) is 5.47. The Kier molecular flexibility index (Phi) is 3.75. The van der Waals surface area contributed by atoms with Gasteiger partial charge in [0.15, 0.2) is 0 Å². The lowest BCUT2D eigenvalue weighted by molar-refractivity contribution is 0.637. The van der Waals surface area contributed by atoms with E-state index >= 15 is 0 Å². The molecular formula is C22H18ClN3. The van der Waals surface area contributed by atoms with E-state index in [0.29, 0.717) is 11.9 Å². The number of alkyl halides is 1. The third-order valence-electron chi connectivity index (χ3n) is 5.19. The largest absolute Gasteiger partial charge is 0.320 e. The molecule has 5 rings (SSSR count). The molecule has 0 saturated carbocycles. The summed E-state index contributed by atoms with van der Waals surface area (Å²) in [6, 6.07) is 21.6. The van der Waals surface area contributed by atoms with E-state index in [0.717, 1.165) is 35.2 Å². The minimum absolute atomic E-state index is 0.364. The number of fused-ring (bicyclic) bond motifs is 3. The molecule has 0 spiro atoms. The monoisotopic (exact) mass is 359 g/mol. The number of nitrogens with zero attached hydrogens (tertiary/aromatic N) is 3. The molecule has 0 aliphatic carbocycles. The molecule has 0 N–H and O–H groups in total. The summed E-state index contributed by atoms with van der Waals surface area (Å²) >= 11 is 5.85. The lowest BCUT2D eigenvalue weighted by atomic mass is 10.0. The number of aromatic nitrogens is 3. The summed E-state index contributed by atoms with van der Waals surface area (Å²) in [6.07, 6.45) is 4.03. The first-order valence-corrected chi connectivity index (χ1v) is 9.44. The van der Waals surface area contributed by atoms with Gasteiger partial charge in [-0.2, -0.15) is 0 Å². The number of imidazole rings is 1. The predicted octanol–water partition coefficient (Wildman–Crippen LogP) is 5.37. The quantitative estimate of drug-likeness (QED) is 0.460. The zero-order valence-corrected chi connectivity index (χ0v) is 15.0. The molecule has 1 aliphatic rings. The Morgan fingerprint density at radius 2 is 1.85 bits per heavy atom. The molecule has 128 valence electrons. The topological polar surface area (TPSA) is 30.7 Å². The molecule has 4 aromatic rings. The molecule has 1 atom stereocenters. The van der Waals surface area contributed by atoms with Crippen LogP contribution in [-0.2, 0) is 12.3 Å². The summed E-state index contributed by atoms with van der Waals surface area (Å²) in [5, 5.41) is 0. The van der Waals surface area contributed by atoms with Crippen LogP contribution in [0.5, 0.6) is 0 Å². The second-order valence-electron chi connectivity index (χ2n) is 6.74. The summed E-state index contributed by atoms with van der Waals surface area (Å²) in [4.78, 5) is 9.28. The van der Waals surface area contributed by atoms with Crippen molar-refractivity contribution in [3.63, 3.8) is 0 Å². The SMILES string of the molecule is ClCc1ccc(-c2ccc3nc4n(c3c2)[C@H](c2ccccc2)CC4)cn1. The first-order chi connectivity index (χ1) is 12.8. The second kappa shape index (κ2) is 6.26. The Hall–Kier alpha value is -2.65. The lowest BCUT2D eigenvalue weighted by Crippen LogP contribution is -2.05. The maximum atomic E-state index is 5.85. The van der Waals surface area contributed by atoms with E-state index in [1.165, 1.54) is 16.9 Å². The number of pyridine rings is 1. The highest BCUT2D eigenvalue weighted by Gasteiger charge is 2.27. The number of aryl methyl sites for hydroxylation is 1. The Morgan fingerprint density at radius 1 is 1.00 bits per heavy atom. The zero-order chi connectivity index (χ0) is 17.5. The Labute approximate surface area is 157 Å². The Balaban J connectivity index is 1.62. The van der Waals surface area contributed by atoms with Gasteiger partial charge in [-0.25, -0.2) is 4.98 Å². The van der Waals surface area contributed by atoms with Gasteiger partial charge in [0, 0.05) is 18.2 Å². The molecule has 0 saturated heterocycles. The van der Waals surface area contributed by atoms with Gasteiger partial charge in [-0.1, -0.05) is 42.5 Å². The maximum Gasteiger partial charge on any atom is 0.110 e. The predicted molar refractivity (Wildman–Crippen MR) is 105 cm³/mol. The van der Waals surface area contributed by atoms with Crippen LogP contribution in [-0.4, -0.2) is 14.5 Å². The molecule has 0 bridgehead atoms. The summed E-state index contributed by atoms with van der Waals surface area (Å²) in [6.45, 7) is 0. The van der Waals surface area contributed by atoms with Crippen molar-refractivity contribution in [3.8, 4) is 11.1 Å². The minimum Gasteiger partial charge on any atom is -0.320 e. The van der Waals surface area contributed by atoms with Gasteiger partial charge in [0.25, 0.3) is 0 Å². The molecule has 3 heterocycles. The van der Waals surface area contributed by atoms with Crippen LogP contribution < -0.4 is 0 Å². The third kappa shape index (κ3) is 2.51. The summed E-state index contributed by atoms with van der Waals surface area (Å²) in [7, 11) is 0. The van der Waals surface area contributed by atoms with E-state index in [1.807, 2.05) is 12.3 Å². The van der Waals surface area contributed by atoms with Crippen LogP contribution in [0.4, 0.5) is 0 Å². The van der Waals surface area contributed by atoms with Gasteiger partial charge in [-0.3, -0.25) is 4.98 Å². The summed E-state index contributed by atoms with van der Waals surface area (Å²) in [5.41, 5.74) is 6.77. The van der Waals surface area contributed by atoms with E-state index in [-0.39, 0.29) is 0 Å². The van der Waals surface area contributed by atoms with Gasteiger partial charge in [-0.05, 0) is 35.7 Å². The molecule has 4 heteroatoms. The molecule has 1 aliphatic heterocycles. The smallest absolute Gasteiger partial charge is 0.110 e. The molecule has 26 heavy (non-hydrogen) atoms. The highest BCUT2D eigenvalue weighted by Crippen LogP contribution is 2.36. The average Bonchev–Trinajstić information content (AvgIpc) is 3.27. The minimum atomic E-state index is 0.364. The molecule has 0 fully saturated rings. The van der Waals surface area contributed by atoms with Crippen LogP contribution in [0.15, 0.2) is 66.9 Å². The summed E-state index contributed by atoms with van der Waals surface area (Å²) < 4.78 is 2.41. The van der Waals surface area contributed by atoms with E-state index in [9.17, 15) is 0 Å². The maximum absolute atomic E-state index is 5.85. The average molecular weight is 360 g/mol. The highest BCUT2D eigenvalue weighted by atomic mass is 35.5. The van der Waals surface area contributed by atoms with Crippen LogP contribution in [0.3, 0.4) is 0 Å². The van der Waals surface area contributed by atoms with Gasteiger partial charge >= 0.3 is 0 Å². The van der Waals surface area contributed by atoms with Crippen molar-refractivity contribution >= 4 is 22.6 Å². The van der Waals surface area contributed by atoms with Crippen molar-refractivity contribution in [3.05, 3.63) is 83.9 Å². The van der Waals surface area contributed by atoms with Gasteiger partial charge in [0.1, 0.15) is 5.82 Å². The standard InChI is InChI=1S/C22H18ClN3/c23-13-18-8-6-17(14-24-18)16-7-9-19-21(12-16)26-20(10-11-22(26)25-19)15-4-2-1-3-5-15/h1-9,12,14,20H,10-11,13H2/t20-/m0/s1. The fourth-order valence-corrected chi connectivity index (χ4v) is 4.06. The molecular weight excluding hydrogens is 342 g/mol. The van der Waals surface area contributed by atoms with Crippen LogP contribution in [0, 0.1) is 0 Å². The van der Waals surface area contributed by atoms with Crippen LogP contribution >= 0.6 is 11.6 Å².